The van der Waals surface area contributed by atoms with Crippen LogP contribution in [0.2, 0.25) is 0 Å². The Kier molecular flexibility index (Phi) is 6.73. The summed E-state index contributed by atoms with van der Waals surface area (Å²) in [7, 11) is 0. The molecule has 0 unspecified atom stereocenters. The van der Waals surface area contributed by atoms with Crippen molar-refractivity contribution in [2.45, 2.75) is 32.6 Å². The van der Waals surface area contributed by atoms with Crippen LogP contribution in [0.5, 0.6) is 0 Å². The van der Waals surface area contributed by atoms with Crippen molar-refractivity contribution in [3.05, 3.63) is 23.8 Å². The van der Waals surface area contributed by atoms with E-state index in [0.29, 0.717) is 0 Å². The van der Waals surface area contributed by atoms with E-state index in [9.17, 15) is 0 Å². The molecule has 0 heterocycles. The van der Waals surface area contributed by atoms with Gasteiger partial charge in [-0.1, -0.05) is 37.1 Å². The summed E-state index contributed by atoms with van der Waals surface area (Å²) in [5, 5.41) is 0.974. The fourth-order valence-electron chi connectivity index (χ4n) is 0.659. The van der Waals surface area contributed by atoms with Gasteiger partial charge in [0.15, 0.2) is 0 Å². The highest BCUT2D eigenvalue weighted by molar-refractivity contribution is 6.29. The van der Waals surface area contributed by atoms with E-state index < -0.39 is 0 Å². The largest absolute Gasteiger partial charge is 0.103 e. The van der Waals surface area contributed by atoms with Crippen LogP contribution in [0.4, 0.5) is 0 Å². The standard InChI is InChI=1S/C9H15Cl/c1-3-5-7-9(10)8-6-4-2/h3,7H,1,4-6,8H2,2H3. The first-order valence-corrected chi connectivity index (χ1v) is 4.14. The molecule has 0 aliphatic heterocycles. The van der Waals surface area contributed by atoms with Crippen molar-refractivity contribution >= 4 is 11.6 Å². The molecule has 0 N–H and O–H groups in total. The molecule has 0 aromatic carbocycles. The minimum atomic E-state index is 0.891. The van der Waals surface area contributed by atoms with Crippen LogP contribution in [0.25, 0.3) is 0 Å². The molecule has 0 spiro atoms. The van der Waals surface area contributed by atoms with Crippen molar-refractivity contribution in [2.75, 3.05) is 0 Å². The lowest BCUT2D eigenvalue weighted by Crippen LogP contribution is -1.73. The second-order valence-electron chi connectivity index (χ2n) is 2.28. The molecule has 1 heteroatoms. The highest BCUT2D eigenvalue weighted by Crippen LogP contribution is 2.11. The Morgan fingerprint density at radius 1 is 1.60 bits per heavy atom. The number of unbranched alkanes of at least 4 members (excludes halogenated alkanes) is 1. The molecule has 10 heavy (non-hydrogen) atoms. The SMILES string of the molecule is C=CCC=C(Cl)CCCC. The van der Waals surface area contributed by atoms with Crippen LogP contribution in [0.15, 0.2) is 23.8 Å². The Morgan fingerprint density at radius 3 is 2.80 bits per heavy atom. The maximum absolute atomic E-state index is 5.85. The normalized spacial score (nSPS) is 11.6. The number of hydrogen-bond donors (Lipinski definition) is 0. The summed E-state index contributed by atoms with van der Waals surface area (Å²) in [5.74, 6) is 0. The predicted molar refractivity (Wildman–Crippen MR) is 48.3 cm³/mol. The lowest BCUT2D eigenvalue weighted by Gasteiger charge is -1.94. The van der Waals surface area contributed by atoms with Gasteiger partial charge in [0.05, 0.1) is 0 Å². The number of hydrogen-bond acceptors (Lipinski definition) is 0. The average Bonchev–Trinajstić information content (AvgIpc) is 1.97. The van der Waals surface area contributed by atoms with Crippen molar-refractivity contribution < 1.29 is 0 Å². The molecule has 0 bridgehead atoms. The van der Waals surface area contributed by atoms with E-state index in [1.54, 1.807) is 0 Å². The zero-order chi connectivity index (χ0) is 7.82. The van der Waals surface area contributed by atoms with E-state index >= 15 is 0 Å². The maximum atomic E-state index is 5.85. The molecular formula is C9H15Cl. The van der Waals surface area contributed by atoms with Gasteiger partial charge in [0, 0.05) is 5.03 Å². The Hall–Kier alpha value is -0.230. The summed E-state index contributed by atoms with van der Waals surface area (Å²) in [6, 6.07) is 0. The van der Waals surface area contributed by atoms with Gasteiger partial charge in [-0.25, -0.2) is 0 Å². The van der Waals surface area contributed by atoms with Crippen molar-refractivity contribution in [2.24, 2.45) is 0 Å². The highest BCUT2D eigenvalue weighted by Gasteiger charge is 1.88. The van der Waals surface area contributed by atoms with Crippen LogP contribution in [0.1, 0.15) is 32.6 Å². The zero-order valence-electron chi connectivity index (χ0n) is 6.57. The Bertz CT molecular complexity index is 114. The summed E-state index contributed by atoms with van der Waals surface area (Å²) in [5.41, 5.74) is 0. The Balaban J connectivity index is 3.38. The Labute approximate surface area is 68.6 Å². The Morgan fingerprint density at radius 2 is 2.30 bits per heavy atom. The van der Waals surface area contributed by atoms with Crippen LogP contribution < -0.4 is 0 Å². The maximum Gasteiger partial charge on any atom is 0.0144 e. The van der Waals surface area contributed by atoms with Crippen LogP contribution >= 0.6 is 11.6 Å². The second kappa shape index (κ2) is 6.88. The first-order chi connectivity index (χ1) is 4.81. The zero-order valence-corrected chi connectivity index (χ0v) is 7.32. The number of allylic oxidation sites excluding steroid dienone is 3. The minimum Gasteiger partial charge on any atom is -0.103 e. The van der Waals surface area contributed by atoms with E-state index in [1.807, 2.05) is 12.2 Å². The summed E-state index contributed by atoms with van der Waals surface area (Å²) in [4.78, 5) is 0. The first kappa shape index (κ1) is 9.77. The smallest absolute Gasteiger partial charge is 0.0144 e. The van der Waals surface area contributed by atoms with Gasteiger partial charge in [0.25, 0.3) is 0 Å². The molecular weight excluding hydrogens is 144 g/mol. The predicted octanol–water partition coefficient (Wildman–Crippen LogP) is 3.88. The highest BCUT2D eigenvalue weighted by atomic mass is 35.5. The fourth-order valence-corrected chi connectivity index (χ4v) is 0.882. The number of halogens is 1. The van der Waals surface area contributed by atoms with Crippen molar-refractivity contribution in [1.82, 2.24) is 0 Å². The molecule has 0 amide bonds. The monoisotopic (exact) mass is 158 g/mol. The second-order valence-corrected chi connectivity index (χ2v) is 2.76. The van der Waals surface area contributed by atoms with Gasteiger partial charge in [-0.3, -0.25) is 0 Å². The van der Waals surface area contributed by atoms with E-state index in [-0.39, 0.29) is 0 Å². The summed E-state index contributed by atoms with van der Waals surface area (Å²) in [6.45, 7) is 5.77. The van der Waals surface area contributed by atoms with Gasteiger partial charge in [-0.05, 0) is 19.3 Å². The summed E-state index contributed by atoms with van der Waals surface area (Å²) >= 11 is 5.85. The van der Waals surface area contributed by atoms with Gasteiger partial charge < -0.3 is 0 Å². The molecule has 0 radical (unpaired) electrons. The van der Waals surface area contributed by atoms with E-state index in [4.69, 9.17) is 11.6 Å². The van der Waals surface area contributed by atoms with Crippen molar-refractivity contribution in [3.63, 3.8) is 0 Å². The van der Waals surface area contributed by atoms with Gasteiger partial charge in [0.2, 0.25) is 0 Å². The third-order valence-corrected chi connectivity index (χ3v) is 1.62. The van der Waals surface area contributed by atoms with Crippen LogP contribution in [-0.4, -0.2) is 0 Å². The molecule has 0 nitrogen and oxygen atoms in total. The number of rotatable bonds is 5. The third kappa shape index (κ3) is 5.90. The molecule has 0 aromatic heterocycles. The molecule has 0 aliphatic rings. The van der Waals surface area contributed by atoms with Gasteiger partial charge in [-0.15, -0.1) is 6.58 Å². The quantitative estimate of drug-likeness (QED) is 0.533. The third-order valence-electron chi connectivity index (χ3n) is 1.28. The van der Waals surface area contributed by atoms with E-state index in [0.717, 1.165) is 17.9 Å². The molecule has 0 aliphatic carbocycles. The summed E-state index contributed by atoms with van der Waals surface area (Å²) in [6.07, 6.45) is 8.18. The van der Waals surface area contributed by atoms with Crippen molar-refractivity contribution in [1.29, 1.82) is 0 Å². The summed E-state index contributed by atoms with van der Waals surface area (Å²) < 4.78 is 0. The molecule has 0 aromatic rings. The molecule has 0 saturated heterocycles. The van der Waals surface area contributed by atoms with Crippen LogP contribution in [0.3, 0.4) is 0 Å². The molecule has 0 atom stereocenters. The molecule has 0 fully saturated rings. The van der Waals surface area contributed by atoms with E-state index in [1.165, 1.54) is 12.8 Å². The molecule has 58 valence electrons. The fraction of sp³-hybridized carbons (Fsp3) is 0.556. The van der Waals surface area contributed by atoms with Gasteiger partial charge in [-0.2, -0.15) is 0 Å². The lowest BCUT2D eigenvalue weighted by atomic mass is 10.2. The van der Waals surface area contributed by atoms with Crippen LogP contribution in [-0.2, 0) is 0 Å². The van der Waals surface area contributed by atoms with E-state index in [2.05, 4.69) is 13.5 Å². The van der Waals surface area contributed by atoms with Gasteiger partial charge in [0.1, 0.15) is 0 Å². The van der Waals surface area contributed by atoms with Gasteiger partial charge >= 0.3 is 0 Å². The topological polar surface area (TPSA) is 0 Å². The van der Waals surface area contributed by atoms with Crippen molar-refractivity contribution in [3.8, 4) is 0 Å². The average molecular weight is 159 g/mol. The molecule has 0 saturated carbocycles. The lowest BCUT2D eigenvalue weighted by molar-refractivity contribution is 0.805. The first-order valence-electron chi connectivity index (χ1n) is 3.76. The minimum absolute atomic E-state index is 0.891. The van der Waals surface area contributed by atoms with Crippen LogP contribution in [0, 0.1) is 0 Å². The molecule has 0 rings (SSSR count).